The maximum absolute atomic E-state index is 3.66. The molecule has 0 aliphatic heterocycles. The van der Waals surface area contributed by atoms with Gasteiger partial charge in [-0.15, -0.1) is 0 Å². The van der Waals surface area contributed by atoms with Crippen molar-refractivity contribution in [2.45, 2.75) is 84.0 Å². The summed E-state index contributed by atoms with van der Waals surface area (Å²) in [6.45, 7) is 4.78. The first kappa shape index (κ1) is 16.6. The maximum atomic E-state index is 3.66. The van der Waals surface area contributed by atoms with Crippen LogP contribution >= 0.6 is 0 Å². The largest absolute Gasteiger partial charge is 0.358 e. The first-order chi connectivity index (χ1) is 11.3. The molecular weight excluding hydrogens is 278 g/mol. The molecule has 1 aromatic heterocycles. The standard InChI is InChI=1S/C22H33N/c1-3-4-5-6-7-8-9-12-17(2)18-15-16-21-22(18)19-13-10-11-14-20(19)23-21/h10-11,13-14,17-18,23H,3-9,12,15-16H2,1-2H3. The van der Waals surface area contributed by atoms with E-state index in [1.807, 2.05) is 0 Å². The Hall–Kier alpha value is -1.24. The molecule has 3 rings (SSSR count). The third-order valence-electron chi connectivity index (χ3n) is 5.85. The number of benzene rings is 1. The van der Waals surface area contributed by atoms with Gasteiger partial charge in [0.05, 0.1) is 0 Å². The molecule has 0 amide bonds. The van der Waals surface area contributed by atoms with E-state index in [0.717, 1.165) is 11.8 Å². The predicted molar refractivity (Wildman–Crippen MR) is 101 cm³/mol. The number of para-hydroxylation sites is 1. The Morgan fingerprint density at radius 2 is 1.78 bits per heavy atom. The molecule has 1 aromatic carbocycles. The first-order valence-corrected chi connectivity index (χ1v) is 9.90. The molecule has 2 unspecified atom stereocenters. The van der Waals surface area contributed by atoms with E-state index in [1.165, 1.54) is 80.8 Å². The van der Waals surface area contributed by atoms with Crippen LogP contribution in [0.2, 0.25) is 0 Å². The van der Waals surface area contributed by atoms with Crippen molar-refractivity contribution in [3.63, 3.8) is 0 Å². The summed E-state index contributed by atoms with van der Waals surface area (Å²) in [7, 11) is 0. The van der Waals surface area contributed by atoms with Gasteiger partial charge in [-0.2, -0.15) is 0 Å². The molecule has 1 heteroatoms. The van der Waals surface area contributed by atoms with Gasteiger partial charge in [-0.1, -0.05) is 83.4 Å². The molecule has 1 aliphatic rings. The average molecular weight is 312 g/mol. The monoisotopic (exact) mass is 311 g/mol. The van der Waals surface area contributed by atoms with E-state index in [-0.39, 0.29) is 0 Å². The number of fused-ring (bicyclic) bond motifs is 3. The fourth-order valence-electron chi connectivity index (χ4n) is 4.48. The highest BCUT2D eigenvalue weighted by atomic mass is 14.7. The number of H-pyrrole nitrogens is 1. The third-order valence-corrected chi connectivity index (χ3v) is 5.85. The summed E-state index contributed by atoms with van der Waals surface area (Å²) < 4.78 is 0. The second kappa shape index (κ2) is 8.04. The molecule has 0 radical (unpaired) electrons. The van der Waals surface area contributed by atoms with Gasteiger partial charge in [0.1, 0.15) is 0 Å². The molecule has 2 aromatic rings. The van der Waals surface area contributed by atoms with Gasteiger partial charge in [-0.25, -0.2) is 0 Å². The minimum atomic E-state index is 0.779. The zero-order valence-electron chi connectivity index (χ0n) is 15.0. The molecular formula is C22H33N. The van der Waals surface area contributed by atoms with Gasteiger partial charge in [-0.05, 0) is 36.3 Å². The molecule has 1 nitrogen and oxygen atoms in total. The number of hydrogen-bond donors (Lipinski definition) is 1. The van der Waals surface area contributed by atoms with Crippen LogP contribution in [0.25, 0.3) is 10.9 Å². The number of unbranched alkanes of at least 4 members (excludes halogenated alkanes) is 6. The fraction of sp³-hybridized carbons (Fsp3) is 0.636. The topological polar surface area (TPSA) is 15.8 Å². The molecule has 1 N–H and O–H groups in total. The van der Waals surface area contributed by atoms with Crippen molar-refractivity contribution >= 4 is 10.9 Å². The van der Waals surface area contributed by atoms with Crippen LogP contribution in [0.5, 0.6) is 0 Å². The summed E-state index contributed by atoms with van der Waals surface area (Å²) in [5, 5.41) is 1.48. The summed E-state index contributed by atoms with van der Waals surface area (Å²) in [5.74, 6) is 1.60. The molecule has 1 heterocycles. The highest BCUT2D eigenvalue weighted by Crippen LogP contribution is 2.43. The van der Waals surface area contributed by atoms with Gasteiger partial charge >= 0.3 is 0 Å². The second-order valence-electron chi connectivity index (χ2n) is 7.60. The highest BCUT2D eigenvalue weighted by molar-refractivity contribution is 5.85. The zero-order valence-corrected chi connectivity index (χ0v) is 15.0. The quantitative estimate of drug-likeness (QED) is 0.481. The van der Waals surface area contributed by atoms with Gasteiger partial charge in [-0.3, -0.25) is 0 Å². The minimum Gasteiger partial charge on any atom is -0.358 e. The molecule has 126 valence electrons. The van der Waals surface area contributed by atoms with Crippen molar-refractivity contribution in [1.82, 2.24) is 4.98 Å². The van der Waals surface area contributed by atoms with Crippen LogP contribution in [-0.4, -0.2) is 4.98 Å². The third kappa shape index (κ3) is 3.82. The van der Waals surface area contributed by atoms with E-state index in [1.54, 1.807) is 5.56 Å². The lowest BCUT2D eigenvalue weighted by atomic mass is 9.84. The van der Waals surface area contributed by atoms with Crippen LogP contribution in [0.3, 0.4) is 0 Å². The maximum Gasteiger partial charge on any atom is 0.0459 e. The molecule has 0 bridgehead atoms. The second-order valence-corrected chi connectivity index (χ2v) is 7.60. The first-order valence-electron chi connectivity index (χ1n) is 9.90. The Morgan fingerprint density at radius 3 is 2.61 bits per heavy atom. The number of aryl methyl sites for hydroxylation is 1. The predicted octanol–water partition coefficient (Wildman–Crippen LogP) is 6.97. The summed E-state index contributed by atoms with van der Waals surface area (Å²) in [6.07, 6.45) is 13.9. The normalized spacial score (nSPS) is 18.4. The van der Waals surface area contributed by atoms with Crippen LogP contribution < -0.4 is 0 Å². The van der Waals surface area contributed by atoms with E-state index in [4.69, 9.17) is 0 Å². The summed E-state index contributed by atoms with van der Waals surface area (Å²) >= 11 is 0. The fourth-order valence-corrected chi connectivity index (χ4v) is 4.48. The van der Waals surface area contributed by atoms with Crippen molar-refractivity contribution in [3.8, 4) is 0 Å². The van der Waals surface area contributed by atoms with Gasteiger partial charge in [0.25, 0.3) is 0 Å². The van der Waals surface area contributed by atoms with Gasteiger partial charge in [0, 0.05) is 16.6 Å². The smallest absolute Gasteiger partial charge is 0.0459 e. The van der Waals surface area contributed by atoms with Gasteiger partial charge in [0.2, 0.25) is 0 Å². The molecule has 0 saturated carbocycles. The lowest BCUT2D eigenvalue weighted by Crippen LogP contribution is -2.06. The average Bonchev–Trinajstić information content (AvgIpc) is 3.12. The summed E-state index contributed by atoms with van der Waals surface area (Å²) in [6, 6.07) is 8.87. The van der Waals surface area contributed by atoms with E-state index >= 15 is 0 Å². The van der Waals surface area contributed by atoms with E-state index in [9.17, 15) is 0 Å². The number of nitrogens with one attached hydrogen (secondary N) is 1. The van der Waals surface area contributed by atoms with Crippen LogP contribution in [0.15, 0.2) is 24.3 Å². The Balaban J connectivity index is 1.51. The number of aromatic amines is 1. The van der Waals surface area contributed by atoms with E-state index in [0.29, 0.717) is 0 Å². The zero-order chi connectivity index (χ0) is 16.1. The minimum absolute atomic E-state index is 0.779. The van der Waals surface area contributed by atoms with Crippen molar-refractivity contribution in [2.75, 3.05) is 0 Å². The molecule has 0 fully saturated rings. The summed E-state index contributed by atoms with van der Waals surface area (Å²) in [5.41, 5.74) is 4.50. The van der Waals surface area contributed by atoms with Crippen LogP contribution in [0.1, 0.15) is 88.8 Å². The Kier molecular flexibility index (Phi) is 5.80. The number of rotatable bonds is 9. The lowest BCUT2D eigenvalue weighted by Gasteiger charge is -2.20. The highest BCUT2D eigenvalue weighted by Gasteiger charge is 2.30. The molecule has 0 saturated heterocycles. The Labute approximate surface area is 141 Å². The molecule has 2 atom stereocenters. The van der Waals surface area contributed by atoms with Gasteiger partial charge in [0.15, 0.2) is 0 Å². The van der Waals surface area contributed by atoms with Crippen molar-refractivity contribution in [1.29, 1.82) is 0 Å². The molecule has 23 heavy (non-hydrogen) atoms. The lowest BCUT2D eigenvalue weighted by molar-refractivity contribution is 0.405. The van der Waals surface area contributed by atoms with E-state index < -0.39 is 0 Å². The van der Waals surface area contributed by atoms with Crippen molar-refractivity contribution in [2.24, 2.45) is 5.92 Å². The van der Waals surface area contributed by atoms with Crippen molar-refractivity contribution < 1.29 is 0 Å². The number of hydrogen-bond acceptors (Lipinski definition) is 0. The van der Waals surface area contributed by atoms with Crippen LogP contribution in [-0.2, 0) is 6.42 Å². The summed E-state index contributed by atoms with van der Waals surface area (Å²) in [4.78, 5) is 3.66. The Bertz CT molecular complexity index is 609. The molecule has 1 aliphatic carbocycles. The van der Waals surface area contributed by atoms with Crippen LogP contribution in [0, 0.1) is 5.92 Å². The molecule has 0 spiro atoms. The van der Waals surface area contributed by atoms with E-state index in [2.05, 4.69) is 43.1 Å². The van der Waals surface area contributed by atoms with Crippen LogP contribution in [0.4, 0.5) is 0 Å². The number of aromatic nitrogens is 1. The SMILES string of the molecule is CCCCCCCCCC(C)C1CCc2[nH]c3ccccc3c21. The van der Waals surface area contributed by atoms with Gasteiger partial charge < -0.3 is 4.98 Å². The Morgan fingerprint density at radius 1 is 1.04 bits per heavy atom. The van der Waals surface area contributed by atoms with Crippen molar-refractivity contribution in [3.05, 3.63) is 35.5 Å².